The lowest BCUT2D eigenvalue weighted by molar-refractivity contribution is 0.805. The zero-order valence-electron chi connectivity index (χ0n) is 6.82. The van der Waals surface area contributed by atoms with Gasteiger partial charge in [0.15, 0.2) is 0 Å². The Morgan fingerprint density at radius 1 is 1.33 bits per heavy atom. The molecule has 0 N–H and O–H groups in total. The molecular weight excluding hydrogens is 235 g/mol. The van der Waals surface area contributed by atoms with Crippen molar-refractivity contribution in [2.24, 2.45) is 0 Å². The van der Waals surface area contributed by atoms with Crippen LogP contribution in [0, 0.1) is 6.07 Å². The van der Waals surface area contributed by atoms with Gasteiger partial charge in [-0.3, -0.25) is 0 Å². The molecule has 0 heterocycles. The zero-order valence-corrected chi connectivity index (χ0v) is 9.16. The van der Waals surface area contributed by atoms with Crippen LogP contribution in [-0.2, 0) is 6.42 Å². The molecule has 0 saturated heterocycles. The number of benzene rings is 1. The maximum atomic E-state index is 5.79. The molecule has 0 aromatic heterocycles. The maximum Gasteiger partial charge on any atom is 0.0487 e. The van der Waals surface area contributed by atoms with E-state index in [1.165, 1.54) is 18.4 Å². The second-order valence-corrected chi connectivity index (χ2v) is 3.87. The van der Waals surface area contributed by atoms with E-state index in [9.17, 15) is 0 Å². The minimum Gasteiger partial charge on any atom is -0.0928 e. The first-order chi connectivity index (χ1) is 5.83. The Morgan fingerprint density at radius 2 is 2.17 bits per heavy atom. The fourth-order valence-corrected chi connectivity index (χ4v) is 1.63. The number of rotatable bonds is 4. The summed E-state index contributed by atoms with van der Waals surface area (Å²) in [6.07, 6.45) is 3.48. The molecule has 65 valence electrons. The van der Waals surface area contributed by atoms with Crippen molar-refractivity contribution in [2.75, 3.05) is 5.33 Å². The average molecular weight is 247 g/mol. The Kier molecular flexibility index (Phi) is 4.70. The summed E-state index contributed by atoms with van der Waals surface area (Å²) in [6, 6.07) is 9.02. The first kappa shape index (κ1) is 10.1. The third-order valence-electron chi connectivity index (χ3n) is 1.65. The minimum atomic E-state index is 0.714. The highest BCUT2D eigenvalue weighted by atomic mass is 79.9. The summed E-state index contributed by atoms with van der Waals surface area (Å²) in [5, 5.41) is 1.79. The summed E-state index contributed by atoms with van der Waals surface area (Å²) in [5.41, 5.74) is 1.21. The van der Waals surface area contributed by atoms with Gasteiger partial charge in [0.25, 0.3) is 0 Å². The Balaban J connectivity index is 2.41. The van der Waals surface area contributed by atoms with E-state index in [1.807, 2.05) is 12.1 Å². The van der Waals surface area contributed by atoms with Crippen LogP contribution in [0.1, 0.15) is 18.4 Å². The number of halogens is 2. The summed E-state index contributed by atoms with van der Waals surface area (Å²) in [5.74, 6) is 0. The first-order valence-corrected chi connectivity index (χ1v) is 5.55. The van der Waals surface area contributed by atoms with Gasteiger partial charge in [0.1, 0.15) is 0 Å². The van der Waals surface area contributed by atoms with Gasteiger partial charge in [-0.05, 0) is 30.9 Å². The SMILES string of the molecule is Clc1[c]c(CCCCBr)ccc1. The van der Waals surface area contributed by atoms with E-state index in [1.54, 1.807) is 0 Å². The average Bonchev–Trinajstić information content (AvgIpc) is 2.05. The molecule has 0 bridgehead atoms. The topological polar surface area (TPSA) is 0 Å². The van der Waals surface area contributed by atoms with E-state index in [0.29, 0.717) is 5.02 Å². The highest BCUT2D eigenvalue weighted by molar-refractivity contribution is 9.09. The van der Waals surface area contributed by atoms with Gasteiger partial charge in [-0.2, -0.15) is 0 Å². The molecule has 0 nitrogen and oxygen atoms in total. The van der Waals surface area contributed by atoms with Crippen LogP contribution in [0.3, 0.4) is 0 Å². The molecule has 0 saturated carbocycles. The fourth-order valence-electron chi connectivity index (χ4n) is 1.04. The Hall–Kier alpha value is -0.0100. The molecule has 0 aliphatic rings. The van der Waals surface area contributed by atoms with E-state index in [-0.39, 0.29) is 0 Å². The van der Waals surface area contributed by atoms with E-state index >= 15 is 0 Å². The lowest BCUT2D eigenvalue weighted by Gasteiger charge is -1.99. The van der Waals surface area contributed by atoms with Crippen molar-refractivity contribution in [3.05, 3.63) is 34.9 Å². The van der Waals surface area contributed by atoms with Crippen molar-refractivity contribution in [3.8, 4) is 0 Å². The third kappa shape index (κ3) is 3.59. The van der Waals surface area contributed by atoms with Gasteiger partial charge in [0.2, 0.25) is 0 Å². The molecule has 0 amide bonds. The Labute approximate surface area is 87.1 Å². The van der Waals surface area contributed by atoms with Gasteiger partial charge in [0, 0.05) is 16.4 Å². The maximum absolute atomic E-state index is 5.79. The lowest BCUT2D eigenvalue weighted by atomic mass is 10.1. The molecule has 0 fully saturated rings. The van der Waals surface area contributed by atoms with Crippen LogP contribution in [0.5, 0.6) is 0 Å². The summed E-state index contributed by atoms with van der Waals surface area (Å²) in [7, 11) is 0. The smallest absolute Gasteiger partial charge is 0.0487 e. The van der Waals surface area contributed by atoms with Gasteiger partial charge in [-0.1, -0.05) is 39.7 Å². The largest absolute Gasteiger partial charge is 0.0928 e. The normalized spacial score (nSPS) is 10.2. The van der Waals surface area contributed by atoms with E-state index in [4.69, 9.17) is 11.6 Å². The van der Waals surface area contributed by atoms with Crippen molar-refractivity contribution >= 4 is 27.5 Å². The Bertz CT molecular complexity index is 235. The van der Waals surface area contributed by atoms with Crippen LogP contribution >= 0.6 is 27.5 Å². The molecule has 1 radical (unpaired) electrons. The third-order valence-corrected chi connectivity index (χ3v) is 2.43. The van der Waals surface area contributed by atoms with Crippen LogP contribution in [0.25, 0.3) is 0 Å². The van der Waals surface area contributed by atoms with E-state index < -0.39 is 0 Å². The number of alkyl halides is 1. The number of hydrogen-bond acceptors (Lipinski definition) is 0. The number of hydrogen-bond donors (Lipinski definition) is 0. The second kappa shape index (κ2) is 5.60. The molecule has 0 spiro atoms. The van der Waals surface area contributed by atoms with Crippen LogP contribution in [-0.4, -0.2) is 5.33 Å². The quantitative estimate of drug-likeness (QED) is 0.559. The monoisotopic (exact) mass is 245 g/mol. The van der Waals surface area contributed by atoms with Gasteiger partial charge < -0.3 is 0 Å². The minimum absolute atomic E-state index is 0.714. The molecule has 1 rings (SSSR count). The van der Waals surface area contributed by atoms with Crippen molar-refractivity contribution in [2.45, 2.75) is 19.3 Å². The molecule has 0 aliphatic carbocycles. The molecule has 1 aromatic rings. The lowest BCUT2D eigenvalue weighted by Crippen LogP contribution is -1.85. The summed E-state index contributed by atoms with van der Waals surface area (Å²) >= 11 is 9.19. The fraction of sp³-hybridized carbons (Fsp3) is 0.400. The van der Waals surface area contributed by atoms with Gasteiger partial charge in [-0.25, -0.2) is 0 Å². The van der Waals surface area contributed by atoms with Crippen LogP contribution in [0.15, 0.2) is 18.2 Å². The molecule has 0 unspecified atom stereocenters. The summed E-state index contributed by atoms with van der Waals surface area (Å²) < 4.78 is 0. The van der Waals surface area contributed by atoms with Gasteiger partial charge in [-0.15, -0.1) is 0 Å². The zero-order chi connectivity index (χ0) is 8.81. The first-order valence-electron chi connectivity index (χ1n) is 4.05. The number of aryl methyl sites for hydroxylation is 1. The highest BCUT2D eigenvalue weighted by Crippen LogP contribution is 2.11. The van der Waals surface area contributed by atoms with E-state index in [2.05, 4.69) is 28.1 Å². The van der Waals surface area contributed by atoms with E-state index in [0.717, 1.165) is 11.8 Å². The van der Waals surface area contributed by atoms with Gasteiger partial charge >= 0.3 is 0 Å². The molecule has 2 heteroatoms. The standard InChI is InChI=1S/C10H11BrCl/c11-7-2-1-4-9-5-3-6-10(12)8-9/h3,5-6H,1-2,4,7H2. The highest BCUT2D eigenvalue weighted by Gasteiger charge is 1.94. The predicted molar refractivity (Wildman–Crippen MR) is 57.0 cm³/mol. The van der Waals surface area contributed by atoms with Crippen molar-refractivity contribution < 1.29 is 0 Å². The molecule has 1 aromatic carbocycles. The van der Waals surface area contributed by atoms with Gasteiger partial charge in [0.05, 0.1) is 0 Å². The summed E-state index contributed by atoms with van der Waals surface area (Å²) in [4.78, 5) is 0. The number of unbranched alkanes of at least 4 members (excludes halogenated alkanes) is 1. The molecule has 0 atom stereocenters. The van der Waals surface area contributed by atoms with Crippen molar-refractivity contribution in [3.63, 3.8) is 0 Å². The van der Waals surface area contributed by atoms with Crippen molar-refractivity contribution in [1.29, 1.82) is 0 Å². The molecular formula is C10H11BrCl. The predicted octanol–water partition coefficient (Wildman–Crippen LogP) is 3.86. The van der Waals surface area contributed by atoms with Crippen LogP contribution in [0.2, 0.25) is 5.02 Å². The summed E-state index contributed by atoms with van der Waals surface area (Å²) in [6.45, 7) is 0. The van der Waals surface area contributed by atoms with Crippen LogP contribution < -0.4 is 0 Å². The second-order valence-electron chi connectivity index (χ2n) is 2.67. The van der Waals surface area contributed by atoms with Crippen molar-refractivity contribution in [1.82, 2.24) is 0 Å². The Morgan fingerprint density at radius 3 is 2.83 bits per heavy atom. The molecule has 0 aliphatic heterocycles. The molecule has 12 heavy (non-hydrogen) atoms. The van der Waals surface area contributed by atoms with Crippen LogP contribution in [0.4, 0.5) is 0 Å².